The lowest BCUT2D eigenvalue weighted by atomic mass is 10.2. The standard InChI is InChI=1S/C22H21N3O4/c1-14-7-8-15(2)25(14)17-11-9-16(10-12-17)21(26)23-24-22(27)20-13-28-18-5-3-4-6-19(18)29-20/h3-12,20H,13H2,1-2H3,(H,23,26)(H,24,27). The molecule has 4 rings (SSSR count). The number of para-hydroxylation sites is 2. The van der Waals surface area contributed by atoms with Gasteiger partial charge < -0.3 is 14.0 Å². The molecule has 0 bridgehead atoms. The second-order valence-electron chi connectivity index (χ2n) is 6.81. The fourth-order valence-corrected chi connectivity index (χ4v) is 3.26. The van der Waals surface area contributed by atoms with E-state index < -0.39 is 17.9 Å². The molecule has 1 unspecified atom stereocenters. The molecular weight excluding hydrogens is 370 g/mol. The third kappa shape index (κ3) is 3.80. The number of hydrogen-bond donors (Lipinski definition) is 2. The van der Waals surface area contributed by atoms with Gasteiger partial charge in [-0.2, -0.15) is 0 Å². The topological polar surface area (TPSA) is 81.6 Å². The zero-order valence-corrected chi connectivity index (χ0v) is 16.1. The number of fused-ring (bicyclic) bond motifs is 1. The van der Waals surface area contributed by atoms with Crippen LogP contribution in [0.1, 0.15) is 21.7 Å². The van der Waals surface area contributed by atoms with Crippen molar-refractivity contribution in [3.8, 4) is 17.2 Å². The molecule has 1 aliphatic heterocycles. The molecule has 1 aromatic heterocycles. The molecule has 7 heteroatoms. The molecule has 0 saturated heterocycles. The summed E-state index contributed by atoms with van der Waals surface area (Å²) in [4.78, 5) is 24.7. The minimum atomic E-state index is -0.840. The highest BCUT2D eigenvalue weighted by atomic mass is 16.6. The van der Waals surface area contributed by atoms with E-state index in [-0.39, 0.29) is 6.61 Å². The van der Waals surface area contributed by atoms with Gasteiger partial charge in [0.05, 0.1) is 0 Å². The van der Waals surface area contributed by atoms with E-state index in [1.54, 1.807) is 30.3 Å². The van der Waals surface area contributed by atoms with Gasteiger partial charge in [0.15, 0.2) is 11.5 Å². The number of rotatable bonds is 3. The molecular formula is C22H21N3O4. The molecule has 0 aliphatic carbocycles. The lowest BCUT2D eigenvalue weighted by molar-refractivity contribution is -0.131. The first-order valence-corrected chi connectivity index (χ1v) is 9.27. The van der Waals surface area contributed by atoms with Crippen LogP contribution in [0.15, 0.2) is 60.7 Å². The van der Waals surface area contributed by atoms with Crippen LogP contribution in [0.4, 0.5) is 0 Å². The van der Waals surface area contributed by atoms with Crippen LogP contribution in [0.3, 0.4) is 0 Å². The largest absolute Gasteiger partial charge is 0.485 e. The number of carbonyl (C=O) groups excluding carboxylic acids is 2. The third-order valence-electron chi connectivity index (χ3n) is 4.76. The number of aromatic nitrogens is 1. The van der Waals surface area contributed by atoms with Gasteiger partial charge in [-0.05, 0) is 62.4 Å². The van der Waals surface area contributed by atoms with Crippen molar-refractivity contribution < 1.29 is 19.1 Å². The summed E-state index contributed by atoms with van der Waals surface area (Å²) in [6, 6.07) is 18.4. The van der Waals surface area contributed by atoms with E-state index in [9.17, 15) is 9.59 Å². The van der Waals surface area contributed by atoms with Gasteiger partial charge in [0.25, 0.3) is 11.8 Å². The Balaban J connectivity index is 1.36. The molecule has 0 radical (unpaired) electrons. The van der Waals surface area contributed by atoms with Gasteiger partial charge >= 0.3 is 0 Å². The van der Waals surface area contributed by atoms with E-state index in [1.165, 1.54) is 0 Å². The molecule has 29 heavy (non-hydrogen) atoms. The van der Waals surface area contributed by atoms with Gasteiger partial charge in [0.1, 0.15) is 6.61 Å². The molecule has 7 nitrogen and oxygen atoms in total. The summed E-state index contributed by atoms with van der Waals surface area (Å²) in [5, 5.41) is 0. The highest BCUT2D eigenvalue weighted by molar-refractivity contribution is 5.96. The Morgan fingerprint density at radius 1 is 0.897 bits per heavy atom. The van der Waals surface area contributed by atoms with E-state index in [0.717, 1.165) is 17.1 Å². The van der Waals surface area contributed by atoms with Crippen molar-refractivity contribution in [3.05, 3.63) is 77.6 Å². The minimum absolute atomic E-state index is 0.0724. The first kappa shape index (κ1) is 18.6. The predicted octanol–water partition coefficient (Wildman–Crippen LogP) is 2.70. The van der Waals surface area contributed by atoms with E-state index in [0.29, 0.717) is 17.1 Å². The van der Waals surface area contributed by atoms with Crippen molar-refractivity contribution in [2.45, 2.75) is 20.0 Å². The van der Waals surface area contributed by atoms with Gasteiger partial charge in [-0.1, -0.05) is 12.1 Å². The van der Waals surface area contributed by atoms with Crippen LogP contribution in [0.25, 0.3) is 5.69 Å². The zero-order valence-electron chi connectivity index (χ0n) is 16.1. The molecule has 2 N–H and O–H groups in total. The van der Waals surface area contributed by atoms with Crippen LogP contribution in [0.5, 0.6) is 11.5 Å². The van der Waals surface area contributed by atoms with E-state index in [2.05, 4.69) is 15.4 Å². The van der Waals surface area contributed by atoms with Crippen molar-refractivity contribution in [3.63, 3.8) is 0 Å². The average Bonchev–Trinajstić information content (AvgIpc) is 3.09. The Morgan fingerprint density at radius 2 is 1.55 bits per heavy atom. The van der Waals surface area contributed by atoms with E-state index >= 15 is 0 Å². The number of ether oxygens (including phenoxy) is 2. The second kappa shape index (κ2) is 7.71. The summed E-state index contributed by atoms with van der Waals surface area (Å²) < 4.78 is 13.2. The molecule has 0 saturated carbocycles. The maximum Gasteiger partial charge on any atom is 0.283 e. The minimum Gasteiger partial charge on any atom is -0.485 e. The summed E-state index contributed by atoms with van der Waals surface area (Å²) in [7, 11) is 0. The molecule has 2 amide bonds. The molecule has 0 spiro atoms. The number of nitrogens with zero attached hydrogens (tertiary/aromatic N) is 1. The Bertz CT molecular complexity index is 1040. The Kier molecular flexibility index (Phi) is 4.95. The van der Waals surface area contributed by atoms with Crippen molar-refractivity contribution >= 4 is 11.8 Å². The number of amides is 2. The van der Waals surface area contributed by atoms with Crippen LogP contribution in [-0.2, 0) is 4.79 Å². The first-order chi connectivity index (χ1) is 14.0. The van der Waals surface area contributed by atoms with E-state index in [4.69, 9.17) is 9.47 Å². The Labute approximate surface area is 168 Å². The van der Waals surface area contributed by atoms with Gasteiger partial charge in [0, 0.05) is 22.6 Å². The molecule has 148 valence electrons. The smallest absolute Gasteiger partial charge is 0.283 e. The van der Waals surface area contributed by atoms with Crippen molar-refractivity contribution in [2.75, 3.05) is 6.61 Å². The highest BCUT2D eigenvalue weighted by Gasteiger charge is 2.27. The molecule has 1 atom stereocenters. The van der Waals surface area contributed by atoms with Gasteiger partial charge in [0.2, 0.25) is 6.10 Å². The molecule has 0 fully saturated rings. The van der Waals surface area contributed by atoms with Gasteiger partial charge in [-0.25, -0.2) is 0 Å². The van der Waals surface area contributed by atoms with Crippen LogP contribution in [-0.4, -0.2) is 29.1 Å². The second-order valence-corrected chi connectivity index (χ2v) is 6.81. The normalized spacial score (nSPS) is 14.9. The quantitative estimate of drug-likeness (QED) is 0.673. The monoisotopic (exact) mass is 391 g/mol. The summed E-state index contributed by atoms with van der Waals surface area (Å²) in [5.74, 6) is 0.191. The first-order valence-electron chi connectivity index (χ1n) is 9.27. The summed E-state index contributed by atoms with van der Waals surface area (Å²) in [6.07, 6.45) is -0.840. The lowest BCUT2D eigenvalue weighted by Gasteiger charge is -2.25. The van der Waals surface area contributed by atoms with Crippen molar-refractivity contribution in [1.82, 2.24) is 15.4 Å². The fourth-order valence-electron chi connectivity index (χ4n) is 3.26. The Morgan fingerprint density at radius 3 is 2.24 bits per heavy atom. The molecule has 1 aliphatic rings. The lowest BCUT2D eigenvalue weighted by Crippen LogP contribution is -2.50. The Hall–Kier alpha value is -3.74. The third-order valence-corrected chi connectivity index (χ3v) is 4.76. The number of carbonyl (C=O) groups is 2. The van der Waals surface area contributed by atoms with Crippen molar-refractivity contribution in [2.24, 2.45) is 0 Å². The molecule has 2 heterocycles. The fraction of sp³-hybridized carbons (Fsp3) is 0.182. The van der Waals surface area contributed by atoms with Crippen LogP contribution >= 0.6 is 0 Å². The number of aryl methyl sites for hydroxylation is 2. The predicted molar refractivity (Wildman–Crippen MR) is 107 cm³/mol. The van der Waals surface area contributed by atoms with Crippen LogP contribution in [0.2, 0.25) is 0 Å². The molecule has 3 aromatic rings. The van der Waals surface area contributed by atoms with E-state index in [1.807, 2.05) is 44.2 Å². The van der Waals surface area contributed by atoms with Crippen LogP contribution in [0, 0.1) is 13.8 Å². The maximum atomic E-state index is 12.4. The summed E-state index contributed by atoms with van der Waals surface area (Å²) >= 11 is 0. The van der Waals surface area contributed by atoms with Gasteiger partial charge in [-0.15, -0.1) is 0 Å². The zero-order chi connectivity index (χ0) is 20.4. The summed E-state index contributed by atoms with van der Waals surface area (Å²) in [5.41, 5.74) is 8.44. The average molecular weight is 391 g/mol. The highest BCUT2D eigenvalue weighted by Crippen LogP contribution is 2.30. The number of hydrogen-bond acceptors (Lipinski definition) is 4. The van der Waals surface area contributed by atoms with Crippen molar-refractivity contribution in [1.29, 1.82) is 0 Å². The molecule has 2 aromatic carbocycles. The van der Waals surface area contributed by atoms with Crippen LogP contribution < -0.4 is 20.3 Å². The number of nitrogens with one attached hydrogen (secondary N) is 2. The number of hydrazine groups is 1. The maximum absolute atomic E-state index is 12.4. The van der Waals surface area contributed by atoms with Gasteiger partial charge in [-0.3, -0.25) is 20.4 Å². The SMILES string of the molecule is Cc1ccc(C)n1-c1ccc(C(=O)NNC(=O)C2COc3ccccc3O2)cc1. The summed E-state index contributed by atoms with van der Waals surface area (Å²) in [6.45, 7) is 4.13. The number of benzene rings is 2.